The van der Waals surface area contributed by atoms with Crippen LogP contribution in [-0.4, -0.2) is 18.0 Å². The molecule has 0 bridgehead atoms. The topological polar surface area (TPSA) is 56.1 Å². The van der Waals surface area contributed by atoms with Crippen molar-refractivity contribution in [3.05, 3.63) is 70.6 Å². The van der Waals surface area contributed by atoms with Crippen molar-refractivity contribution in [1.82, 2.24) is 0 Å². The normalized spacial score (nSPS) is 15.2. The summed E-state index contributed by atoms with van der Waals surface area (Å²) in [7, 11) is 0. The Balaban J connectivity index is 1.99. The van der Waals surface area contributed by atoms with Gasteiger partial charge in [-0.3, -0.25) is 4.79 Å². The molecule has 0 spiro atoms. The molecule has 5 heteroatoms. The molecule has 0 aliphatic carbocycles. The molecule has 0 unspecified atom stereocenters. The van der Waals surface area contributed by atoms with Crippen LogP contribution in [0.4, 0.5) is 15.8 Å². The molecule has 30 heavy (non-hydrogen) atoms. The van der Waals surface area contributed by atoms with Gasteiger partial charge in [0.25, 0.3) is 5.91 Å². The molecule has 1 heterocycles. The van der Waals surface area contributed by atoms with Crippen molar-refractivity contribution in [2.45, 2.75) is 40.2 Å². The van der Waals surface area contributed by atoms with Crippen LogP contribution in [0, 0.1) is 24.1 Å². The number of allylic oxidation sites excluding steroid dienone is 1. The van der Waals surface area contributed by atoms with Gasteiger partial charge in [0.2, 0.25) is 0 Å². The zero-order chi connectivity index (χ0) is 22.1. The molecule has 154 valence electrons. The maximum atomic E-state index is 15.0. The largest absolute Gasteiger partial charge is 0.363 e. The van der Waals surface area contributed by atoms with Gasteiger partial charge in [-0.15, -0.1) is 0 Å². The first-order valence-electron chi connectivity index (χ1n) is 9.97. The summed E-state index contributed by atoms with van der Waals surface area (Å²) < 4.78 is 15.0. The van der Waals surface area contributed by atoms with E-state index in [9.17, 15) is 14.4 Å². The number of halogens is 1. The Morgan fingerprint density at radius 3 is 2.63 bits per heavy atom. The highest BCUT2D eigenvalue weighted by Crippen LogP contribution is 2.40. The Kier molecular flexibility index (Phi) is 5.80. The Bertz CT molecular complexity index is 1110. The van der Waals surface area contributed by atoms with E-state index in [0.717, 1.165) is 28.9 Å². The molecule has 1 amide bonds. The fourth-order valence-electron chi connectivity index (χ4n) is 4.03. The summed E-state index contributed by atoms with van der Waals surface area (Å²) >= 11 is 0. The Hall–Kier alpha value is -3.39. The van der Waals surface area contributed by atoms with Gasteiger partial charge in [0.1, 0.15) is 17.5 Å². The SMILES string of the molecule is CCN1c2cc(F)c(/C=C(\C#N)C(=O)Nc3cccc(C)c3)cc2C(C)=CC1(C)C. The lowest BCUT2D eigenvalue weighted by molar-refractivity contribution is -0.112. The average molecular weight is 404 g/mol. The Morgan fingerprint density at radius 1 is 1.27 bits per heavy atom. The maximum absolute atomic E-state index is 15.0. The molecule has 1 N–H and O–H groups in total. The second-order valence-corrected chi connectivity index (χ2v) is 8.11. The molecule has 0 atom stereocenters. The summed E-state index contributed by atoms with van der Waals surface area (Å²) in [6, 6.07) is 12.4. The minimum Gasteiger partial charge on any atom is -0.363 e. The van der Waals surface area contributed by atoms with Gasteiger partial charge in [0, 0.05) is 29.0 Å². The van der Waals surface area contributed by atoms with Crippen LogP contribution in [0.2, 0.25) is 0 Å². The van der Waals surface area contributed by atoms with Gasteiger partial charge >= 0.3 is 0 Å². The third kappa shape index (κ3) is 4.13. The van der Waals surface area contributed by atoms with Crippen LogP contribution in [0.25, 0.3) is 11.6 Å². The van der Waals surface area contributed by atoms with Crippen molar-refractivity contribution >= 4 is 28.9 Å². The molecule has 3 rings (SSSR count). The van der Waals surface area contributed by atoms with Gasteiger partial charge in [0.05, 0.1) is 5.54 Å². The molecule has 2 aromatic carbocycles. The third-order valence-corrected chi connectivity index (χ3v) is 5.35. The lowest BCUT2D eigenvalue weighted by Gasteiger charge is -2.42. The molecule has 0 saturated carbocycles. The summed E-state index contributed by atoms with van der Waals surface area (Å²) in [6.07, 6.45) is 3.46. The number of nitrogens with zero attached hydrogens (tertiary/aromatic N) is 2. The van der Waals surface area contributed by atoms with E-state index < -0.39 is 11.7 Å². The molecule has 4 nitrogen and oxygen atoms in total. The van der Waals surface area contributed by atoms with Gasteiger partial charge in [-0.05, 0) is 76.1 Å². The minimum absolute atomic E-state index is 0.152. The highest BCUT2D eigenvalue weighted by Gasteiger charge is 2.31. The van der Waals surface area contributed by atoms with E-state index in [1.807, 2.05) is 45.0 Å². The van der Waals surface area contributed by atoms with Crippen LogP contribution in [0.1, 0.15) is 44.4 Å². The predicted molar refractivity (Wildman–Crippen MR) is 121 cm³/mol. The van der Waals surface area contributed by atoms with Crippen LogP contribution >= 0.6 is 0 Å². The Morgan fingerprint density at radius 2 is 2.00 bits per heavy atom. The number of benzene rings is 2. The monoisotopic (exact) mass is 403 g/mol. The van der Waals surface area contributed by atoms with Crippen LogP contribution in [0.3, 0.4) is 0 Å². The highest BCUT2D eigenvalue weighted by molar-refractivity contribution is 6.09. The van der Waals surface area contributed by atoms with Gasteiger partial charge in [-0.1, -0.05) is 18.2 Å². The maximum Gasteiger partial charge on any atom is 0.266 e. The van der Waals surface area contributed by atoms with E-state index in [0.29, 0.717) is 5.69 Å². The summed E-state index contributed by atoms with van der Waals surface area (Å²) in [6.45, 7) is 10.9. The number of nitrogens with one attached hydrogen (secondary N) is 1. The summed E-state index contributed by atoms with van der Waals surface area (Å²) in [4.78, 5) is 14.7. The van der Waals surface area contributed by atoms with Crippen molar-refractivity contribution in [2.75, 3.05) is 16.8 Å². The van der Waals surface area contributed by atoms with E-state index in [-0.39, 0.29) is 16.7 Å². The third-order valence-electron chi connectivity index (χ3n) is 5.35. The number of hydrogen-bond acceptors (Lipinski definition) is 3. The average Bonchev–Trinajstić information content (AvgIpc) is 2.66. The standard InChI is InChI=1S/C25H26FN3O/c1-6-29-23-13-22(26)18(12-21(23)17(3)14-25(29,4)5)11-19(15-27)24(30)28-20-9-7-8-16(2)10-20/h7-14H,6H2,1-5H3,(H,28,30)/b19-11+. The van der Waals surface area contributed by atoms with Gasteiger partial charge in [0.15, 0.2) is 0 Å². The number of amides is 1. The number of carbonyl (C=O) groups excluding carboxylic acids is 1. The lowest BCUT2D eigenvalue weighted by atomic mass is 9.87. The summed E-state index contributed by atoms with van der Waals surface area (Å²) in [5.41, 5.74) is 4.18. The highest BCUT2D eigenvalue weighted by atomic mass is 19.1. The molecule has 0 saturated heterocycles. The predicted octanol–water partition coefficient (Wildman–Crippen LogP) is 5.70. The Labute approximate surface area is 177 Å². The molecule has 0 fully saturated rings. The van der Waals surface area contributed by atoms with Crippen LogP contribution in [0.15, 0.2) is 48.0 Å². The smallest absolute Gasteiger partial charge is 0.266 e. The number of fused-ring (bicyclic) bond motifs is 1. The quantitative estimate of drug-likeness (QED) is 0.526. The number of likely N-dealkylation sites (N-methyl/N-ethyl adjacent to an activating group) is 1. The van der Waals surface area contributed by atoms with E-state index in [2.05, 4.69) is 30.1 Å². The van der Waals surface area contributed by atoms with E-state index in [1.165, 1.54) is 12.1 Å². The zero-order valence-electron chi connectivity index (χ0n) is 18.0. The molecule has 1 aliphatic heterocycles. The van der Waals surface area contributed by atoms with Crippen LogP contribution < -0.4 is 10.2 Å². The van der Waals surface area contributed by atoms with Crippen molar-refractivity contribution in [2.24, 2.45) is 0 Å². The van der Waals surface area contributed by atoms with Crippen LogP contribution in [0.5, 0.6) is 0 Å². The molecule has 0 radical (unpaired) electrons. The van der Waals surface area contributed by atoms with Crippen LogP contribution in [-0.2, 0) is 4.79 Å². The fourth-order valence-corrected chi connectivity index (χ4v) is 4.03. The molecule has 1 aliphatic rings. The first-order chi connectivity index (χ1) is 14.2. The van der Waals surface area contributed by atoms with Crippen molar-refractivity contribution in [3.63, 3.8) is 0 Å². The van der Waals surface area contributed by atoms with Gasteiger partial charge in [-0.2, -0.15) is 5.26 Å². The van der Waals surface area contributed by atoms with E-state index in [1.54, 1.807) is 12.1 Å². The number of nitriles is 1. The van der Waals surface area contributed by atoms with Crippen molar-refractivity contribution in [1.29, 1.82) is 5.26 Å². The first kappa shape index (κ1) is 21.3. The van der Waals surface area contributed by atoms with Crippen molar-refractivity contribution in [3.8, 4) is 6.07 Å². The van der Waals surface area contributed by atoms with Gasteiger partial charge in [-0.25, -0.2) is 4.39 Å². The van der Waals surface area contributed by atoms with E-state index >= 15 is 0 Å². The lowest BCUT2D eigenvalue weighted by Crippen LogP contribution is -2.45. The summed E-state index contributed by atoms with van der Waals surface area (Å²) in [5, 5.41) is 12.2. The minimum atomic E-state index is -0.566. The molecular weight excluding hydrogens is 377 g/mol. The van der Waals surface area contributed by atoms with Gasteiger partial charge < -0.3 is 10.2 Å². The first-order valence-corrected chi connectivity index (χ1v) is 9.97. The van der Waals surface area contributed by atoms with E-state index in [4.69, 9.17) is 0 Å². The number of rotatable bonds is 4. The number of hydrogen-bond donors (Lipinski definition) is 1. The molecule has 0 aromatic heterocycles. The number of anilines is 2. The van der Waals surface area contributed by atoms with Crippen molar-refractivity contribution < 1.29 is 9.18 Å². The number of carbonyl (C=O) groups is 1. The molecule has 2 aromatic rings. The second kappa shape index (κ2) is 8.16. The zero-order valence-corrected chi connectivity index (χ0v) is 18.0. The second-order valence-electron chi connectivity index (χ2n) is 8.11. The molecular formula is C25H26FN3O. The number of aryl methyl sites for hydroxylation is 1. The fraction of sp³-hybridized carbons (Fsp3) is 0.280. The summed E-state index contributed by atoms with van der Waals surface area (Å²) in [5.74, 6) is -1.03.